The van der Waals surface area contributed by atoms with Crippen LogP contribution in [0.5, 0.6) is 5.75 Å². The number of carbonyl (C=O) groups is 2. The molecule has 1 aliphatic heterocycles. The number of fused-ring (bicyclic) bond motifs is 1. The van der Waals surface area contributed by atoms with Crippen LogP contribution in [0.4, 0.5) is 5.69 Å². The van der Waals surface area contributed by atoms with Crippen molar-refractivity contribution in [1.29, 1.82) is 0 Å². The molecular formula is C19H17NO4. The molecule has 1 atom stereocenters. The molecule has 2 aromatic carbocycles. The maximum atomic E-state index is 12.5. The van der Waals surface area contributed by atoms with E-state index in [0.717, 1.165) is 23.3 Å². The summed E-state index contributed by atoms with van der Waals surface area (Å²) in [7, 11) is 0. The maximum Gasteiger partial charge on any atom is 0.328 e. The molecule has 0 aromatic heterocycles. The van der Waals surface area contributed by atoms with E-state index in [1.54, 1.807) is 4.90 Å². The van der Waals surface area contributed by atoms with Gasteiger partial charge in [-0.2, -0.15) is 0 Å². The molecule has 0 spiro atoms. The summed E-state index contributed by atoms with van der Waals surface area (Å²) < 4.78 is 6.04. The van der Waals surface area contributed by atoms with Crippen LogP contribution in [0.2, 0.25) is 0 Å². The van der Waals surface area contributed by atoms with Crippen LogP contribution in [0.25, 0.3) is 0 Å². The fourth-order valence-corrected chi connectivity index (χ4v) is 2.68. The van der Waals surface area contributed by atoms with E-state index >= 15 is 0 Å². The van der Waals surface area contributed by atoms with Gasteiger partial charge in [0.2, 0.25) is 0 Å². The first kappa shape index (κ1) is 15.8. The Kier molecular flexibility index (Phi) is 4.33. The van der Waals surface area contributed by atoms with Gasteiger partial charge in [-0.15, -0.1) is 0 Å². The Morgan fingerprint density at radius 3 is 2.62 bits per heavy atom. The molecule has 5 nitrogen and oxygen atoms in total. The molecule has 0 bridgehead atoms. The molecule has 0 radical (unpaired) electrons. The lowest BCUT2D eigenvalue weighted by atomic mass is 10.1. The topological polar surface area (TPSA) is 66.8 Å². The van der Waals surface area contributed by atoms with E-state index < -0.39 is 5.97 Å². The van der Waals surface area contributed by atoms with Crippen molar-refractivity contribution in [3.8, 4) is 5.75 Å². The predicted octanol–water partition coefficient (Wildman–Crippen LogP) is 3.10. The minimum atomic E-state index is -1.15. The van der Waals surface area contributed by atoms with E-state index in [4.69, 9.17) is 9.84 Å². The van der Waals surface area contributed by atoms with Gasteiger partial charge in [0.15, 0.2) is 0 Å². The number of carbonyl (C=O) groups excluding carboxylic acids is 1. The molecule has 1 amide bonds. The Morgan fingerprint density at radius 1 is 1.17 bits per heavy atom. The number of aryl methyl sites for hydroxylation is 1. The molecule has 0 saturated heterocycles. The lowest BCUT2D eigenvalue weighted by Gasteiger charge is -2.35. The Balaban J connectivity index is 1.98. The molecule has 1 unspecified atom stereocenters. The van der Waals surface area contributed by atoms with Gasteiger partial charge in [-0.3, -0.25) is 4.79 Å². The lowest BCUT2D eigenvalue weighted by molar-refractivity contribution is -0.131. The average molecular weight is 323 g/mol. The first-order valence-electron chi connectivity index (χ1n) is 7.59. The number of carboxylic acids is 1. The number of ether oxygens (including phenoxy) is 1. The van der Waals surface area contributed by atoms with Crippen molar-refractivity contribution in [2.24, 2.45) is 0 Å². The Hall–Kier alpha value is -3.08. The standard InChI is InChI=1S/C19H17NO4/c1-13-7-8-16-15(11-13)20(18(21)9-10-19(22)23)12-17(24-16)14-5-3-2-4-6-14/h2-11,17H,12H2,1H3,(H,22,23)/b10-9+. The SMILES string of the molecule is Cc1ccc2c(c1)N(C(=O)/C=C/C(=O)O)CC(c1ccccc1)O2. The first-order valence-corrected chi connectivity index (χ1v) is 7.59. The number of rotatable bonds is 3. The second kappa shape index (κ2) is 6.58. The minimum Gasteiger partial charge on any atom is -0.482 e. The molecule has 3 rings (SSSR count). The van der Waals surface area contributed by atoms with Crippen molar-refractivity contribution in [2.45, 2.75) is 13.0 Å². The molecule has 1 heterocycles. The van der Waals surface area contributed by atoms with Crippen LogP contribution < -0.4 is 9.64 Å². The Bertz CT molecular complexity index is 798. The van der Waals surface area contributed by atoms with Gasteiger partial charge in [-0.1, -0.05) is 36.4 Å². The highest BCUT2D eigenvalue weighted by molar-refractivity contribution is 6.05. The second-order valence-corrected chi connectivity index (χ2v) is 5.61. The number of benzene rings is 2. The smallest absolute Gasteiger partial charge is 0.328 e. The summed E-state index contributed by atoms with van der Waals surface area (Å²) in [5.74, 6) is -0.924. The van der Waals surface area contributed by atoms with Crippen LogP contribution in [0.15, 0.2) is 60.7 Å². The van der Waals surface area contributed by atoms with Crippen LogP contribution >= 0.6 is 0 Å². The molecule has 1 N–H and O–H groups in total. The maximum absolute atomic E-state index is 12.5. The van der Waals surface area contributed by atoms with Crippen molar-refractivity contribution < 1.29 is 19.4 Å². The third-order valence-electron chi connectivity index (χ3n) is 3.83. The zero-order valence-electron chi connectivity index (χ0n) is 13.2. The Labute approximate surface area is 139 Å². The van der Waals surface area contributed by atoms with E-state index in [1.165, 1.54) is 0 Å². The zero-order valence-corrected chi connectivity index (χ0v) is 13.2. The number of anilines is 1. The van der Waals surface area contributed by atoms with Crippen LogP contribution in [-0.4, -0.2) is 23.5 Å². The van der Waals surface area contributed by atoms with Gasteiger partial charge in [0.25, 0.3) is 5.91 Å². The quantitative estimate of drug-likeness (QED) is 0.882. The molecule has 122 valence electrons. The lowest BCUT2D eigenvalue weighted by Crippen LogP contribution is -2.39. The van der Waals surface area contributed by atoms with Crippen LogP contribution in [0.3, 0.4) is 0 Å². The van der Waals surface area contributed by atoms with Gasteiger partial charge < -0.3 is 14.7 Å². The first-order chi connectivity index (χ1) is 11.5. The van der Waals surface area contributed by atoms with Crippen LogP contribution in [0, 0.1) is 6.92 Å². The van der Waals surface area contributed by atoms with Gasteiger partial charge in [0, 0.05) is 12.2 Å². The summed E-state index contributed by atoms with van der Waals surface area (Å²) in [4.78, 5) is 24.7. The summed E-state index contributed by atoms with van der Waals surface area (Å²) >= 11 is 0. The van der Waals surface area contributed by atoms with Gasteiger partial charge in [-0.25, -0.2) is 4.79 Å². The fourth-order valence-electron chi connectivity index (χ4n) is 2.68. The third-order valence-corrected chi connectivity index (χ3v) is 3.83. The number of carboxylic acid groups (broad SMARTS) is 1. The number of hydrogen-bond donors (Lipinski definition) is 1. The molecule has 0 fully saturated rings. The molecule has 0 aliphatic carbocycles. The van der Waals surface area contributed by atoms with E-state index in [-0.39, 0.29) is 12.0 Å². The monoisotopic (exact) mass is 323 g/mol. The summed E-state index contributed by atoms with van der Waals surface area (Å²) in [5.41, 5.74) is 2.61. The van der Waals surface area contributed by atoms with E-state index in [2.05, 4.69) is 0 Å². The molecule has 2 aromatic rings. The number of aliphatic carboxylic acids is 1. The van der Waals surface area contributed by atoms with Crippen molar-refractivity contribution in [1.82, 2.24) is 0 Å². The minimum absolute atomic E-state index is 0.302. The average Bonchev–Trinajstić information content (AvgIpc) is 2.59. The number of nitrogens with zero attached hydrogens (tertiary/aromatic N) is 1. The molecule has 5 heteroatoms. The number of amides is 1. The van der Waals surface area contributed by atoms with E-state index in [0.29, 0.717) is 18.0 Å². The van der Waals surface area contributed by atoms with Crippen molar-refractivity contribution >= 4 is 17.6 Å². The highest BCUT2D eigenvalue weighted by atomic mass is 16.5. The highest BCUT2D eigenvalue weighted by Gasteiger charge is 2.29. The van der Waals surface area contributed by atoms with Crippen LogP contribution in [0.1, 0.15) is 17.2 Å². The summed E-state index contributed by atoms with van der Waals surface area (Å²) in [6.07, 6.45) is 1.62. The predicted molar refractivity (Wildman–Crippen MR) is 90.1 cm³/mol. The molecule has 1 aliphatic rings. The van der Waals surface area contributed by atoms with Gasteiger partial charge in [0.05, 0.1) is 12.2 Å². The third kappa shape index (κ3) is 3.30. The molecule has 0 saturated carbocycles. The van der Waals surface area contributed by atoms with Gasteiger partial charge in [-0.05, 0) is 30.2 Å². The van der Waals surface area contributed by atoms with Crippen molar-refractivity contribution in [3.05, 3.63) is 71.8 Å². The van der Waals surface area contributed by atoms with Gasteiger partial charge >= 0.3 is 5.97 Å². The number of hydrogen-bond acceptors (Lipinski definition) is 3. The molecular weight excluding hydrogens is 306 g/mol. The molecule has 24 heavy (non-hydrogen) atoms. The summed E-state index contributed by atoms with van der Waals surface area (Å²) in [6.45, 7) is 2.25. The Morgan fingerprint density at radius 2 is 1.92 bits per heavy atom. The fraction of sp³-hybridized carbons (Fsp3) is 0.158. The van der Waals surface area contributed by atoms with E-state index in [9.17, 15) is 9.59 Å². The normalized spacial score (nSPS) is 16.5. The van der Waals surface area contributed by atoms with Crippen molar-refractivity contribution in [2.75, 3.05) is 11.4 Å². The van der Waals surface area contributed by atoms with Gasteiger partial charge in [0.1, 0.15) is 11.9 Å². The van der Waals surface area contributed by atoms with Crippen LogP contribution in [-0.2, 0) is 9.59 Å². The highest BCUT2D eigenvalue weighted by Crippen LogP contribution is 2.38. The van der Waals surface area contributed by atoms with E-state index in [1.807, 2.05) is 55.5 Å². The summed E-state index contributed by atoms with van der Waals surface area (Å²) in [5, 5.41) is 8.75. The largest absolute Gasteiger partial charge is 0.482 e. The second-order valence-electron chi connectivity index (χ2n) is 5.61. The summed E-state index contributed by atoms with van der Waals surface area (Å²) in [6, 6.07) is 15.3. The zero-order chi connectivity index (χ0) is 17.1. The van der Waals surface area contributed by atoms with Crippen molar-refractivity contribution in [3.63, 3.8) is 0 Å².